The van der Waals surface area contributed by atoms with Gasteiger partial charge in [0.2, 0.25) is 21.9 Å². The monoisotopic (exact) mass is 548 g/mol. The molecule has 2 heterocycles. The van der Waals surface area contributed by atoms with Crippen molar-refractivity contribution in [1.82, 2.24) is 15.0 Å². The maximum Gasteiger partial charge on any atom is 0.257 e. The summed E-state index contributed by atoms with van der Waals surface area (Å²) in [5, 5.41) is 9.20. The van der Waals surface area contributed by atoms with Crippen LogP contribution in [0.1, 0.15) is 12.8 Å². The molecule has 36 heavy (non-hydrogen) atoms. The number of anilines is 2. The zero-order chi connectivity index (χ0) is 25.9. The number of aromatic nitrogens is 3. The van der Waals surface area contributed by atoms with Crippen LogP contribution in [0.4, 0.5) is 11.6 Å². The first-order chi connectivity index (χ1) is 17.2. The quantitative estimate of drug-likeness (QED) is 0.229. The molecule has 0 aliphatic heterocycles. The SMILES string of the molecule is NCCCCOc1nc(Nc2cccc(S(N)(=O)=O)c2)nc2[nH]c(=O)c(-c3c(Cl)cccc3Cl)cc12. The highest BCUT2D eigenvalue weighted by atomic mass is 35.5. The van der Waals surface area contributed by atoms with E-state index in [1.807, 2.05) is 0 Å². The van der Waals surface area contributed by atoms with E-state index >= 15 is 0 Å². The van der Waals surface area contributed by atoms with Crippen molar-refractivity contribution in [3.63, 3.8) is 0 Å². The second-order valence-corrected chi connectivity index (χ2v) is 10.1. The Hall–Kier alpha value is -3.22. The molecule has 0 aliphatic rings. The molecule has 4 aromatic rings. The van der Waals surface area contributed by atoms with Crippen LogP contribution in [0.2, 0.25) is 10.0 Å². The molecule has 2 aromatic carbocycles. The van der Waals surface area contributed by atoms with Crippen molar-refractivity contribution < 1.29 is 13.2 Å². The third-order valence-corrected chi connectivity index (χ3v) is 6.70. The molecule has 0 saturated carbocycles. The summed E-state index contributed by atoms with van der Waals surface area (Å²) >= 11 is 12.7. The molecule has 0 aliphatic carbocycles. The van der Waals surface area contributed by atoms with Gasteiger partial charge in [0, 0.05) is 11.3 Å². The normalized spacial score (nSPS) is 11.6. The van der Waals surface area contributed by atoms with Gasteiger partial charge < -0.3 is 20.8 Å². The van der Waals surface area contributed by atoms with Gasteiger partial charge in [0.05, 0.1) is 32.5 Å². The molecule has 0 spiro atoms. The first-order valence-electron chi connectivity index (χ1n) is 10.8. The van der Waals surface area contributed by atoms with Gasteiger partial charge >= 0.3 is 0 Å². The molecule has 0 radical (unpaired) electrons. The number of nitrogens with zero attached hydrogens (tertiary/aromatic N) is 2. The van der Waals surface area contributed by atoms with Crippen LogP contribution in [0.3, 0.4) is 0 Å². The number of fused-ring (bicyclic) bond motifs is 1. The predicted octanol–water partition coefficient (Wildman–Crippen LogP) is 3.80. The number of aromatic amines is 1. The van der Waals surface area contributed by atoms with Gasteiger partial charge in [-0.05, 0) is 55.8 Å². The van der Waals surface area contributed by atoms with Gasteiger partial charge in [0.1, 0.15) is 5.65 Å². The second-order valence-electron chi connectivity index (χ2n) is 7.77. The van der Waals surface area contributed by atoms with Crippen LogP contribution in [0, 0.1) is 0 Å². The molecule has 188 valence electrons. The lowest BCUT2D eigenvalue weighted by Crippen LogP contribution is -2.13. The van der Waals surface area contributed by atoms with Gasteiger partial charge in [-0.2, -0.15) is 9.97 Å². The third-order valence-electron chi connectivity index (χ3n) is 5.16. The van der Waals surface area contributed by atoms with Crippen LogP contribution < -0.4 is 26.5 Å². The van der Waals surface area contributed by atoms with E-state index in [2.05, 4.69) is 20.3 Å². The van der Waals surface area contributed by atoms with Gasteiger partial charge in [-0.3, -0.25) is 4.79 Å². The molecule has 0 bridgehead atoms. The fraction of sp³-hybridized carbons (Fsp3) is 0.174. The van der Waals surface area contributed by atoms with Crippen molar-refractivity contribution in [2.24, 2.45) is 10.9 Å². The number of sulfonamides is 1. The number of hydrogen-bond donors (Lipinski definition) is 4. The molecule has 4 rings (SSSR count). The summed E-state index contributed by atoms with van der Waals surface area (Å²) in [6, 6.07) is 12.4. The highest BCUT2D eigenvalue weighted by Crippen LogP contribution is 2.35. The van der Waals surface area contributed by atoms with Gasteiger partial charge in [0.15, 0.2) is 0 Å². The van der Waals surface area contributed by atoms with Crippen molar-refractivity contribution in [2.45, 2.75) is 17.7 Å². The Balaban J connectivity index is 1.82. The average molecular weight is 549 g/mol. The molecule has 2 aromatic heterocycles. The number of ether oxygens (including phenoxy) is 1. The molecule has 0 amide bonds. The summed E-state index contributed by atoms with van der Waals surface area (Å²) < 4.78 is 29.3. The first-order valence-corrected chi connectivity index (χ1v) is 13.1. The zero-order valence-corrected chi connectivity index (χ0v) is 21.1. The number of unbranched alkanes of at least 4 members (excludes halogenated alkanes) is 1. The topological polar surface area (TPSA) is 166 Å². The molecule has 13 heteroatoms. The van der Waals surface area contributed by atoms with Crippen LogP contribution in [0.25, 0.3) is 22.2 Å². The lowest BCUT2D eigenvalue weighted by atomic mass is 10.1. The van der Waals surface area contributed by atoms with Crippen molar-refractivity contribution in [1.29, 1.82) is 0 Å². The number of benzene rings is 2. The molecular weight excluding hydrogens is 527 g/mol. The van der Waals surface area contributed by atoms with E-state index in [9.17, 15) is 13.2 Å². The van der Waals surface area contributed by atoms with Crippen molar-refractivity contribution in [3.8, 4) is 17.0 Å². The Kier molecular flexibility index (Phi) is 7.76. The van der Waals surface area contributed by atoms with E-state index in [0.717, 1.165) is 6.42 Å². The molecule has 0 saturated heterocycles. The minimum absolute atomic E-state index is 0.0714. The summed E-state index contributed by atoms with van der Waals surface area (Å²) in [5.41, 5.74) is 6.28. The molecule has 6 N–H and O–H groups in total. The largest absolute Gasteiger partial charge is 0.477 e. The van der Waals surface area contributed by atoms with Crippen LogP contribution in [0.15, 0.2) is 58.2 Å². The Morgan fingerprint density at radius 1 is 1.03 bits per heavy atom. The van der Waals surface area contributed by atoms with Gasteiger partial charge in [0.25, 0.3) is 5.56 Å². The lowest BCUT2D eigenvalue weighted by Gasteiger charge is -2.13. The maximum atomic E-state index is 13.0. The van der Waals surface area contributed by atoms with Crippen LogP contribution in [0.5, 0.6) is 5.88 Å². The Bertz CT molecular complexity index is 1570. The Morgan fingerprint density at radius 3 is 2.44 bits per heavy atom. The Labute approximate surface area is 216 Å². The fourth-order valence-corrected chi connectivity index (χ4v) is 4.62. The highest BCUT2D eigenvalue weighted by Gasteiger charge is 2.18. The van der Waals surface area contributed by atoms with Gasteiger partial charge in [-0.15, -0.1) is 0 Å². The number of halogens is 2. The van der Waals surface area contributed by atoms with Gasteiger partial charge in [-0.1, -0.05) is 35.3 Å². The van der Waals surface area contributed by atoms with Crippen molar-refractivity contribution in [2.75, 3.05) is 18.5 Å². The summed E-state index contributed by atoms with van der Waals surface area (Å²) in [5.74, 6) is 0.268. The van der Waals surface area contributed by atoms with E-state index in [-0.39, 0.29) is 27.9 Å². The number of nitrogens with one attached hydrogen (secondary N) is 2. The number of nitrogens with two attached hydrogens (primary N) is 2. The number of rotatable bonds is 9. The Morgan fingerprint density at radius 2 is 1.75 bits per heavy atom. The minimum atomic E-state index is -3.91. The molecule has 10 nitrogen and oxygen atoms in total. The average Bonchev–Trinajstić information content (AvgIpc) is 2.82. The molecular formula is C23H22Cl2N6O4S. The van der Waals surface area contributed by atoms with E-state index in [1.165, 1.54) is 18.2 Å². The number of hydrogen-bond acceptors (Lipinski definition) is 8. The minimum Gasteiger partial charge on any atom is -0.477 e. The maximum absolute atomic E-state index is 13.0. The van der Waals surface area contributed by atoms with Crippen molar-refractivity contribution >= 4 is 55.9 Å². The summed E-state index contributed by atoms with van der Waals surface area (Å²) in [4.78, 5) is 24.5. The third kappa shape index (κ3) is 5.77. The predicted molar refractivity (Wildman–Crippen MR) is 140 cm³/mol. The van der Waals surface area contributed by atoms with Crippen LogP contribution in [-0.2, 0) is 10.0 Å². The number of primary sulfonamides is 1. The standard InChI is InChI=1S/C23H22Cl2N6O4S/c24-17-7-4-8-18(25)19(17)15-12-16-20(29-21(15)32)30-23(31-22(16)35-10-2-1-9-26)28-13-5-3-6-14(11-13)36(27,33)34/h3-8,11-12H,1-2,9-10,26H2,(H2,27,33,34)(H2,28,29,30,31,32). The second kappa shape index (κ2) is 10.8. The van der Waals surface area contributed by atoms with Crippen LogP contribution in [-0.4, -0.2) is 36.5 Å². The molecule has 0 fully saturated rings. The van der Waals surface area contributed by atoms with E-state index in [4.69, 9.17) is 38.8 Å². The highest BCUT2D eigenvalue weighted by molar-refractivity contribution is 7.89. The van der Waals surface area contributed by atoms with Crippen LogP contribution >= 0.6 is 23.2 Å². The first kappa shape index (κ1) is 25.9. The number of H-pyrrole nitrogens is 1. The molecule has 0 unspecified atom stereocenters. The summed E-state index contributed by atoms with van der Waals surface area (Å²) in [7, 11) is -3.91. The summed E-state index contributed by atoms with van der Waals surface area (Å²) in [6.45, 7) is 0.842. The smallest absolute Gasteiger partial charge is 0.257 e. The zero-order valence-electron chi connectivity index (χ0n) is 18.8. The summed E-state index contributed by atoms with van der Waals surface area (Å²) in [6.07, 6.45) is 1.44. The van der Waals surface area contributed by atoms with Gasteiger partial charge in [-0.25, -0.2) is 13.6 Å². The lowest BCUT2D eigenvalue weighted by molar-refractivity contribution is 0.300. The van der Waals surface area contributed by atoms with E-state index < -0.39 is 15.6 Å². The fourth-order valence-electron chi connectivity index (χ4n) is 3.46. The van der Waals surface area contributed by atoms with E-state index in [1.54, 1.807) is 30.3 Å². The number of pyridine rings is 1. The molecule has 0 atom stereocenters. The van der Waals surface area contributed by atoms with Crippen molar-refractivity contribution in [3.05, 3.63) is 68.9 Å². The van der Waals surface area contributed by atoms with E-state index in [0.29, 0.717) is 46.3 Å².